The predicted molar refractivity (Wildman–Crippen MR) is 104 cm³/mol. The highest BCUT2D eigenvalue weighted by Gasteiger charge is 2.19. The topological polar surface area (TPSA) is 93.7 Å². The van der Waals surface area contributed by atoms with Crippen LogP contribution in [0.15, 0.2) is 36.5 Å². The van der Waals surface area contributed by atoms with Crippen LogP contribution in [-0.4, -0.2) is 32.3 Å². The van der Waals surface area contributed by atoms with E-state index in [0.29, 0.717) is 18.5 Å². The second-order valence-corrected chi connectivity index (χ2v) is 6.93. The molecule has 1 saturated carbocycles. The molecule has 7 nitrogen and oxygen atoms in total. The Labute approximate surface area is 153 Å². The molecule has 4 N–H and O–H groups in total. The van der Waals surface area contributed by atoms with Crippen LogP contribution in [0.25, 0.3) is 11.0 Å². The van der Waals surface area contributed by atoms with Gasteiger partial charge in [0.05, 0.1) is 11.6 Å². The summed E-state index contributed by atoms with van der Waals surface area (Å²) < 4.78 is 1.78. The number of aromatic nitrogens is 4. The first-order valence-corrected chi connectivity index (χ1v) is 9.21. The van der Waals surface area contributed by atoms with Crippen molar-refractivity contribution < 1.29 is 0 Å². The molecule has 2 heterocycles. The zero-order chi connectivity index (χ0) is 17.9. The first-order valence-electron chi connectivity index (χ1n) is 9.21. The van der Waals surface area contributed by atoms with Crippen molar-refractivity contribution >= 4 is 22.8 Å². The summed E-state index contributed by atoms with van der Waals surface area (Å²) in [6.45, 7) is 0.566. The van der Waals surface area contributed by atoms with Gasteiger partial charge in [0.2, 0.25) is 5.95 Å². The standard InChI is InChI=1S/C19H25N7/c1-26-18-15(11-22-26)17(23-14-9-5-6-10-14)24-19(25-18)21-12-16(20)13-7-3-2-4-8-13/h2-4,7-8,11,14,16H,5-6,9-10,12,20H2,1H3,(H2,21,23,24,25). The lowest BCUT2D eigenvalue weighted by molar-refractivity contribution is 0.746. The zero-order valence-electron chi connectivity index (χ0n) is 15.0. The molecule has 3 aromatic rings. The Morgan fingerprint density at radius 2 is 1.96 bits per heavy atom. The Bertz CT molecular complexity index is 868. The Morgan fingerprint density at radius 3 is 2.73 bits per heavy atom. The molecule has 0 aliphatic heterocycles. The predicted octanol–water partition coefficient (Wildman–Crippen LogP) is 2.83. The van der Waals surface area contributed by atoms with Crippen molar-refractivity contribution in [2.45, 2.75) is 37.8 Å². The summed E-state index contributed by atoms with van der Waals surface area (Å²) in [7, 11) is 1.90. The second-order valence-electron chi connectivity index (χ2n) is 6.93. The molecule has 0 saturated heterocycles. The van der Waals surface area contributed by atoms with E-state index in [4.69, 9.17) is 10.7 Å². The van der Waals surface area contributed by atoms with Crippen molar-refractivity contribution in [3.8, 4) is 0 Å². The molecular formula is C19H25N7. The van der Waals surface area contributed by atoms with Crippen molar-refractivity contribution in [2.24, 2.45) is 12.8 Å². The number of anilines is 2. The van der Waals surface area contributed by atoms with E-state index in [1.54, 1.807) is 4.68 Å². The lowest BCUT2D eigenvalue weighted by Gasteiger charge is -2.16. The SMILES string of the molecule is Cn1ncc2c(NC3CCCC3)nc(NCC(N)c3ccccc3)nc21. The Hall–Kier alpha value is -2.67. The van der Waals surface area contributed by atoms with Crippen LogP contribution < -0.4 is 16.4 Å². The molecule has 136 valence electrons. The second kappa shape index (κ2) is 7.29. The average molecular weight is 351 g/mol. The molecule has 0 amide bonds. The summed E-state index contributed by atoms with van der Waals surface area (Å²) in [5, 5.41) is 12.2. The largest absolute Gasteiger partial charge is 0.367 e. The Kier molecular flexibility index (Phi) is 4.71. The third-order valence-electron chi connectivity index (χ3n) is 5.00. The van der Waals surface area contributed by atoms with Gasteiger partial charge in [0.25, 0.3) is 0 Å². The number of nitrogens with two attached hydrogens (primary N) is 1. The first kappa shape index (κ1) is 16.8. The normalized spacial score (nSPS) is 16.1. The van der Waals surface area contributed by atoms with Crippen molar-refractivity contribution in [2.75, 3.05) is 17.2 Å². The van der Waals surface area contributed by atoms with E-state index in [2.05, 4.69) is 20.7 Å². The van der Waals surface area contributed by atoms with E-state index in [1.807, 2.05) is 43.6 Å². The Morgan fingerprint density at radius 1 is 1.19 bits per heavy atom. The lowest BCUT2D eigenvalue weighted by Crippen LogP contribution is -2.22. The molecule has 0 bridgehead atoms. The maximum absolute atomic E-state index is 6.28. The molecule has 7 heteroatoms. The molecule has 4 rings (SSSR count). The van der Waals surface area contributed by atoms with Gasteiger partial charge in [-0.2, -0.15) is 15.1 Å². The molecule has 1 atom stereocenters. The number of nitrogens with zero attached hydrogens (tertiary/aromatic N) is 4. The van der Waals surface area contributed by atoms with Crippen LogP contribution in [-0.2, 0) is 7.05 Å². The molecule has 2 aromatic heterocycles. The van der Waals surface area contributed by atoms with Crippen LogP contribution in [0.5, 0.6) is 0 Å². The fourth-order valence-corrected chi connectivity index (χ4v) is 3.49. The summed E-state index contributed by atoms with van der Waals surface area (Å²) in [6.07, 6.45) is 6.75. The van der Waals surface area contributed by atoms with Crippen molar-refractivity contribution in [3.63, 3.8) is 0 Å². The smallest absolute Gasteiger partial charge is 0.226 e. The average Bonchev–Trinajstić information content (AvgIpc) is 3.31. The minimum absolute atomic E-state index is 0.117. The number of aryl methyl sites for hydroxylation is 1. The van der Waals surface area contributed by atoms with Crippen LogP contribution >= 0.6 is 0 Å². The van der Waals surface area contributed by atoms with Gasteiger partial charge in [-0.15, -0.1) is 0 Å². The summed E-state index contributed by atoms with van der Waals surface area (Å²) >= 11 is 0. The molecule has 1 fully saturated rings. The molecule has 0 spiro atoms. The van der Waals surface area contributed by atoms with Gasteiger partial charge in [0.15, 0.2) is 5.65 Å². The van der Waals surface area contributed by atoms with Crippen LogP contribution in [0.4, 0.5) is 11.8 Å². The number of hydrogen-bond acceptors (Lipinski definition) is 6. The monoisotopic (exact) mass is 351 g/mol. The first-order chi connectivity index (χ1) is 12.7. The van der Waals surface area contributed by atoms with Crippen molar-refractivity contribution in [1.29, 1.82) is 0 Å². The Balaban J connectivity index is 1.55. The summed E-state index contributed by atoms with van der Waals surface area (Å²) in [5.74, 6) is 1.43. The number of benzene rings is 1. The highest BCUT2D eigenvalue weighted by molar-refractivity contribution is 5.87. The van der Waals surface area contributed by atoms with E-state index < -0.39 is 0 Å². The lowest BCUT2D eigenvalue weighted by atomic mass is 10.1. The van der Waals surface area contributed by atoms with Crippen LogP contribution in [0.3, 0.4) is 0 Å². The van der Waals surface area contributed by atoms with Gasteiger partial charge in [0, 0.05) is 25.7 Å². The number of hydrogen-bond donors (Lipinski definition) is 3. The van der Waals surface area contributed by atoms with E-state index in [0.717, 1.165) is 22.4 Å². The van der Waals surface area contributed by atoms with Crippen molar-refractivity contribution in [1.82, 2.24) is 19.7 Å². The third kappa shape index (κ3) is 3.48. The highest BCUT2D eigenvalue weighted by atomic mass is 15.3. The summed E-state index contributed by atoms with van der Waals surface area (Å²) in [6, 6.07) is 10.4. The van der Waals surface area contributed by atoms with Gasteiger partial charge in [-0.05, 0) is 18.4 Å². The molecule has 1 aliphatic carbocycles. The summed E-state index contributed by atoms with van der Waals surface area (Å²) in [5.41, 5.74) is 8.19. The van der Waals surface area contributed by atoms with Crippen LogP contribution in [0.2, 0.25) is 0 Å². The molecule has 1 aromatic carbocycles. The quantitative estimate of drug-likeness (QED) is 0.632. The van der Waals surface area contributed by atoms with Crippen LogP contribution in [0, 0.1) is 0 Å². The van der Waals surface area contributed by atoms with Crippen LogP contribution in [0.1, 0.15) is 37.3 Å². The van der Waals surface area contributed by atoms with Gasteiger partial charge in [-0.25, -0.2) is 0 Å². The molecular weight excluding hydrogens is 326 g/mol. The van der Waals surface area contributed by atoms with Gasteiger partial charge in [-0.1, -0.05) is 43.2 Å². The number of nitrogens with one attached hydrogen (secondary N) is 2. The molecule has 1 unspecified atom stereocenters. The number of fused-ring (bicyclic) bond motifs is 1. The van der Waals surface area contributed by atoms with Gasteiger partial charge in [-0.3, -0.25) is 4.68 Å². The van der Waals surface area contributed by atoms with Gasteiger partial charge >= 0.3 is 0 Å². The molecule has 1 aliphatic rings. The fraction of sp³-hybridized carbons (Fsp3) is 0.421. The fourth-order valence-electron chi connectivity index (χ4n) is 3.49. The maximum Gasteiger partial charge on any atom is 0.226 e. The minimum atomic E-state index is -0.117. The minimum Gasteiger partial charge on any atom is -0.367 e. The van der Waals surface area contributed by atoms with E-state index in [9.17, 15) is 0 Å². The number of rotatable bonds is 6. The van der Waals surface area contributed by atoms with E-state index in [-0.39, 0.29) is 6.04 Å². The highest BCUT2D eigenvalue weighted by Crippen LogP contribution is 2.26. The molecule has 26 heavy (non-hydrogen) atoms. The van der Waals surface area contributed by atoms with E-state index in [1.165, 1.54) is 25.7 Å². The van der Waals surface area contributed by atoms with Gasteiger partial charge in [0.1, 0.15) is 5.82 Å². The van der Waals surface area contributed by atoms with Gasteiger partial charge < -0.3 is 16.4 Å². The third-order valence-corrected chi connectivity index (χ3v) is 5.00. The maximum atomic E-state index is 6.28. The zero-order valence-corrected chi connectivity index (χ0v) is 15.0. The van der Waals surface area contributed by atoms with Crippen molar-refractivity contribution in [3.05, 3.63) is 42.1 Å². The van der Waals surface area contributed by atoms with E-state index >= 15 is 0 Å². The summed E-state index contributed by atoms with van der Waals surface area (Å²) in [4.78, 5) is 9.32. The molecule has 0 radical (unpaired) electrons.